The van der Waals surface area contributed by atoms with Gasteiger partial charge < -0.3 is 10.4 Å². The topological polar surface area (TPSA) is 62.2 Å². The fourth-order valence-corrected chi connectivity index (χ4v) is 1.55. The number of hydrogen-bond acceptors (Lipinski definition) is 3. The quantitative estimate of drug-likeness (QED) is 0.821. The summed E-state index contributed by atoms with van der Waals surface area (Å²) in [5.74, 6) is -0.450. The first-order valence-corrected chi connectivity index (χ1v) is 5.56. The number of aromatic nitrogens is 1. The maximum Gasteiger partial charge on any atom is 0.235 e. The van der Waals surface area contributed by atoms with Crippen molar-refractivity contribution < 1.29 is 9.90 Å². The van der Waals surface area contributed by atoms with E-state index in [1.54, 1.807) is 18.5 Å². The second-order valence-corrected chi connectivity index (χ2v) is 4.06. The Kier molecular flexibility index (Phi) is 5.01. The molecule has 82 valence electrons. The van der Waals surface area contributed by atoms with Crippen LogP contribution in [0.4, 0.5) is 0 Å². The molecular weight excluding hydrogens is 283 g/mol. The van der Waals surface area contributed by atoms with Crippen LogP contribution in [0.2, 0.25) is 0 Å². The van der Waals surface area contributed by atoms with Crippen molar-refractivity contribution in [3.05, 3.63) is 28.5 Å². The molecule has 0 aliphatic heterocycles. The highest BCUT2D eigenvalue weighted by Gasteiger charge is 2.13. The van der Waals surface area contributed by atoms with Gasteiger partial charge in [0.05, 0.1) is 12.6 Å². The number of carbonyl (C=O) groups excluding carboxylic acids is 1. The molecule has 0 aliphatic carbocycles. The summed E-state index contributed by atoms with van der Waals surface area (Å²) in [5.41, 5.74) is 0.727. The summed E-state index contributed by atoms with van der Waals surface area (Å²) in [6.07, 6.45) is 3.21. The number of amides is 1. The van der Waals surface area contributed by atoms with Gasteiger partial charge in [0.2, 0.25) is 5.91 Å². The number of nitrogens with one attached hydrogen (secondary N) is 1. The fraction of sp³-hybridized carbons (Fsp3) is 0.333. The molecule has 2 N–H and O–H groups in total. The molecule has 0 saturated heterocycles. The Balaban J connectivity index is 2.78. The van der Waals surface area contributed by atoms with Gasteiger partial charge in [-0.15, -0.1) is 11.6 Å². The van der Waals surface area contributed by atoms with Crippen molar-refractivity contribution in [1.29, 1.82) is 0 Å². The maximum atomic E-state index is 11.1. The average Bonchev–Trinajstić information content (AvgIpc) is 2.25. The summed E-state index contributed by atoms with van der Waals surface area (Å²) in [4.78, 5) is 15.0. The van der Waals surface area contributed by atoms with E-state index < -0.39 is 6.04 Å². The highest BCUT2D eigenvalue weighted by molar-refractivity contribution is 9.10. The van der Waals surface area contributed by atoms with Gasteiger partial charge in [-0.3, -0.25) is 9.78 Å². The predicted octanol–water partition coefficient (Wildman–Crippen LogP) is 1.23. The summed E-state index contributed by atoms with van der Waals surface area (Å²) < 4.78 is 0.790. The van der Waals surface area contributed by atoms with Crippen LogP contribution in [0.25, 0.3) is 0 Å². The van der Waals surface area contributed by atoms with Crippen LogP contribution in [0.1, 0.15) is 11.6 Å². The van der Waals surface area contributed by atoms with Crippen molar-refractivity contribution in [1.82, 2.24) is 10.3 Å². The molecular formula is C9H10BrClN2O2. The van der Waals surface area contributed by atoms with Crippen molar-refractivity contribution in [3.8, 4) is 0 Å². The number of aliphatic hydroxyl groups excluding tert-OH is 1. The van der Waals surface area contributed by atoms with Crippen LogP contribution in [0.5, 0.6) is 0 Å². The van der Waals surface area contributed by atoms with Crippen molar-refractivity contribution in [3.63, 3.8) is 0 Å². The van der Waals surface area contributed by atoms with Crippen molar-refractivity contribution >= 4 is 33.4 Å². The van der Waals surface area contributed by atoms with Gasteiger partial charge in [-0.25, -0.2) is 0 Å². The second kappa shape index (κ2) is 6.05. The Morgan fingerprint density at radius 1 is 1.67 bits per heavy atom. The average molecular weight is 294 g/mol. The highest BCUT2D eigenvalue weighted by atomic mass is 79.9. The first-order valence-electron chi connectivity index (χ1n) is 4.24. The Bertz CT molecular complexity index is 349. The van der Waals surface area contributed by atoms with E-state index in [1.165, 1.54) is 0 Å². The van der Waals surface area contributed by atoms with E-state index in [2.05, 4.69) is 26.2 Å². The summed E-state index contributed by atoms with van der Waals surface area (Å²) in [6.45, 7) is -0.194. The van der Waals surface area contributed by atoms with E-state index in [-0.39, 0.29) is 18.4 Å². The zero-order valence-corrected chi connectivity index (χ0v) is 10.1. The van der Waals surface area contributed by atoms with Crippen molar-refractivity contribution in [2.24, 2.45) is 0 Å². The number of halogens is 2. The molecule has 1 aromatic rings. The third-order valence-corrected chi connectivity index (χ3v) is 2.44. The number of pyridine rings is 1. The Morgan fingerprint density at radius 2 is 2.40 bits per heavy atom. The predicted molar refractivity (Wildman–Crippen MR) is 60.6 cm³/mol. The number of rotatable bonds is 4. The van der Waals surface area contributed by atoms with Gasteiger partial charge in [0.15, 0.2) is 0 Å². The zero-order valence-electron chi connectivity index (χ0n) is 7.78. The lowest BCUT2D eigenvalue weighted by Crippen LogP contribution is -2.31. The Hall–Kier alpha value is -0.650. The van der Waals surface area contributed by atoms with Crippen LogP contribution in [-0.2, 0) is 4.79 Å². The first-order chi connectivity index (χ1) is 7.17. The number of carbonyl (C=O) groups is 1. The molecule has 1 heterocycles. The summed E-state index contributed by atoms with van der Waals surface area (Å²) in [7, 11) is 0. The molecule has 1 atom stereocenters. The lowest BCUT2D eigenvalue weighted by molar-refractivity contribution is -0.119. The fourth-order valence-electron chi connectivity index (χ4n) is 1.09. The van der Waals surface area contributed by atoms with Gasteiger partial charge in [-0.1, -0.05) is 0 Å². The number of alkyl halides is 1. The molecule has 0 aliphatic rings. The van der Waals surface area contributed by atoms with E-state index in [9.17, 15) is 4.79 Å². The van der Waals surface area contributed by atoms with Gasteiger partial charge in [0, 0.05) is 16.9 Å². The third-order valence-electron chi connectivity index (χ3n) is 1.77. The lowest BCUT2D eigenvalue weighted by Gasteiger charge is -2.15. The van der Waals surface area contributed by atoms with Crippen LogP contribution in [0.3, 0.4) is 0 Å². The SMILES string of the molecule is O=C(CCl)NC(CO)c1cncc(Br)c1. The monoisotopic (exact) mass is 292 g/mol. The molecule has 0 spiro atoms. The third kappa shape index (κ3) is 3.77. The van der Waals surface area contributed by atoms with Gasteiger partial charge in [-0.2, -0.15) is 0 Å². The van der Waals surface area contributed by atoms with Crippen LogP contribution in [-0.4, -0.2) is 28.5 Å². The maximum absolute atomic E-state index is 11.1. The number of nitrogens with zero attached hydrogens (tertiary/aromatic N) is 1. The van der Waals surface area contributed by atoms with Crippen LogP contribution < -0.4 is 5.32 Å². The summed E-state index contributed by atoms with van der Waals surface area (Å²) >= 11 is 8.61. The summed E-state index contributed by atoms with van der Waals surface area (Å²) in [5, 5.41) is 11.7. The zero-order chi connectivity index (χ0) is 11.3. The van der Waals surface area contributed by atoms with Gasteiger partial charge in [0.25, 0.3) is 0 Å². The van der Waals surface area contributed by atoms with Crippen molar-refractivity contribution in [2.45, 2.75) is 6.04 Å². The van der Waals surface area contributed by atoms with E-state index in [0.29, 0.717) is 0 Å². The van der Waals surface area contributed by atoms with Gasteiger partial charge in [-0.05, 0) is 27.6 Å². The summed E-state index contributed by atoms with van der Waals surface area (Å²) in [6, 6.07) is 1.31. The molecule has 15 heavy (non-hydrogen) atoms. The molecule has 1 unspecified atom stereocenters. The van der Waals surface area contributed by atoms with E-state index in [1.807, 2.05) is 0 Å². The Labute approximate surface area is 101 Å². The lowest BCUT2D eigenvalue weighted by atomic mass is 10.1. The molecule has 0 fully saturated rings. The normalized spacial score (nSPS) is 12.2. The minimum Gasteiger partial charge on any atom is -0.394 e. The minimum atomic E-state index is -0.471. The highest BCUT2D eigenvalue weighted by Crippen LogP contribution is 2.16. The molecule has 1 rings (SSSR count). The molecule has 0 bridgehead atoms. The first kappa shape index (κ1) is 12.4. The smallest absolute Gasteiger partial charge is 0.235 e. The molecule has 6 heteroatoms. The van der Waals surface area contributed by atoms with Gasteiger partial charge in [0.1, 0.15) is 5.88 Å². The standard InChI is InChI=1S/C9H10BrClN2O2/c10-7-1-6(3-12-4-7)8(5-14)13-9(15)2-11/h1,3-4,8,14H,2,5H2,(H,13,15). The van der Waals surface area contributed by atoms with Crippen LogP contribution >= 0.6 is 27.5 Å². The molecule has 1 aromatic heterocycles. The van der Waals surface area contributed by atoms with Crippen LogP contribution in [0.15, 0.2) is 22.9 Å². The number of aliphatic hydroxyl groups is 1. The van der Waals surface area contributed by atoms with Gasteiger partial charge >= 0.3 is 0 Å². The largest absolute Gasteiger partial charge is 0.394 e. The van der Waals surface area contributed by atoms with Crippen LogP contribution in [0, 0.1) is 0 Å². The molecule has 0 radical (unpaired) electrons. The Morgan fingerprint density at radius 3 is 2.93 bits per heavy atom. The van der Waals surface area contributed by atoms with E-state index in [4.69, 9.17) is 16.7 Å². The molecule has 1 amide bonds. The van der Waals surface area contributed by atoms with E-state index >= 15 is 0 Å². The number of hydrogen-bond donors (Lipinski definition) is 2. The molecule has 0 saturated carbocycles. The molecule has 4 nitrogen and oxygen atoms in total. The minimum absolute atomic E-state index is 0.127. The van der Waals surface area contributed by atoms with Crippen molar-refractivity contribution in [2.75, 3.05) is 12.5 Å². The second-order valence-electron chi connectivity index (χ2n) is 2.87. The van der Waals surface area contributed by atoms with E-state index in [0.717, 1.165) is 10.0 Å². The molecule has 0 aromatic carbocycles.